The summed E-state index contributed by atoms with van der Waals surface area (Å²) in [6.07, 6.45) is 10.6. The topological polar surface area (TPSA) is 61.4 Å². The number of hydrogen-bond donors (Lipinski definition) is 3. The lowest BCUT2D eigenvalue weighted by molar-refractivity contribution is -0.132. The van der Waals surface area contributed by atoms with Crippen LogP contribution in [0.15, 0.2) is 0 Å². The molecule has 2 rings (SSSR count). The minimum atomic E-state index is -1.03. The van der Waals surface area contributed by atoms with E-state index in [4.69, 9.17) is 0 Å². The molecule has 0 saturated heterocycles. The molecule has 0 aromatic rings. The molecule has 3 N–H and O–H groups in total. The van der Waals surface area contributed by atoms with E-state index < -0.39 is 6.23 Å². The van der Waals surface area contributed by atoms with Gasteiger partial charge in [-0.2, -0.15) is 0 Å². The van der Waals surface area contributed by atoms with E-state index in [-0.39, 0.29) is 11.9 Å². The van der Waals surface area contributed by atoms with Crippen molar-refractivity contribution in [1.82, 2.24) is 10.6 Å². The maximum atomic E-state index is 11.9. The average Bonchev–Trinajstić information content (AvgIpc) is 2.41. The van der Waals surface area contributed by atoms with Crippen LogP contribution in [0, 0.1) is 0 Å². The van der Waals surface area contributed by atoms with Gasteiger partial charge in [0.1, 0.15) is 0 Å². The molecular formula is C14H26N2O2. The fourth-order valence-corrected chi connectivity index (χ4v) is 3.10. The van der Waals surface area contributed by atoms with E-state index in [9.17, 15) is 9.90 Å². The molecule has 0 bridgehead atoms. The van der Waals surface area contributed by atoms with E-state index in [0.717, 1.165) is 25.7 Å². The first-order valence-electron chi connectivity index (χ1n) is 7.50. The molecule has 1 amide bonds. The van der Waals surface area contributed by atoms with Gasteiger partial charge in [-0.1, -0.05) is 38.5 Å². The van der Waals surface area contributed by atoms with Crippen molar-refractivity contribution in [3.05, 3.63) is 0 Å². The monoisotopic (exact) mass is 254 g/mol. The van der Waals surface area contributed by atoms with Crippen LogP contribution in [0.5, 0.6) is 0 Å². The molecule has 104 valence electrons. The molecule has 2 aliphatic carbocycles. The van der Waals surface area contributed by atoms with Crippen molar-refractivity contribution in [3.63, 3.8) is 0 Å². The number of hydrogen-bond acceptors (Lipinski definition) is 3. The van der Waals surface area contributed by atoms with Crippen LogP contribution in [0.25, 0.3) is 0 Å². The van der Waals surface area contributed by atoms with Gasteiger partial charge in [-0.15, -0.1) is 0 Å². The number of amides is 1. The van der Waals surface area contributed by atoms with Gasteiger partial charge in [0.15, 0.2) is 6.23 Å². The zero-order valence-corrected chi connectivity index (χ0v) is 11.2. The summed E-state index contributed by atoms with van der Waals surface area (Å²) >= 11 is 0. The van der Waals surface area contributed by atoms with Gasteiger partial charge >= 0.3 is 0 Å². The maximum absolute atomic E-state index is 11.9. The number of aliphatic hydroxyl groups excluding tert-OH is 1. The first kappa shape index (κ1) is 13.8. The summed E-state index contributed by atoms with van der Waals surface area (Å²) in [7, 11) is 0. The Morgan fingerprint density at radius 2 is 1.39 bits per heavy atom. The SMILES string of the molecule is O=C(NC1CCCCC1)C(O)NC1CCCCC1. The Kier molecular flexibility index (Phi) is 5.45. The number of carbonyl (C=O) groups excluding carboxylic acids is 1. The van der Waals surface area contributed by atoms with Gasteiger partial charge < -0.3 is 10.4 Å². The Bertz CT molecular complexity index is 259. The molecule has 2 fully saturated rings. The molecule has 0 radical (unpaired) electrons. The highest BCUT2D eigenvalue weighted by Gasteiger charge is 2.23. The Morgan fingerprint density at radius 3 is 1.94 bits per heavy atom. The lowest BCUT2D eigenvalue weighted by atomic mass is 9.95. The Labute approximate surface area is 110 Å². The fraction of sp³-hybridized carbons (Fsp3) is 0.929. The highest BCUT2D eigenvalue weighted by atomic mass is 16.3. The van der Waals surface area contributed by atoms with Crippen molar-refractivity contribution < 1.29 is 9.90 Å². The van der Waals surface area contributed by atoms with Gasteiger partial charge in [-0.3, -0.25) is 10.1 Å². The second kappa shape index (κ2) is 7.10. The van der Waals surface area contributed by atoms with Crippen molar-refractivity contribution in [2.75, 3.05) is 0 Å². The van der Waals surface area contributed by atoms with Gasteiger partial charge in [0.2, 0.25) is 0 Å². The standard InChI is InChI=1S/C14H26N2O2/c17-13(15-11-7-3-1-4-8-11)14(18)16-12-9-5-2-6-10-12/h11-13,15,17H,1-10H2,(H,16,18). The highest BCUT2D eigenvalue weighted by Crippen LogP contribution is 2.19. The lowest BCUT2D eigenvalue weighted by Gasteiger charge is -2.28. The Hall–Kier alpha value is -0.610. The summed E-state index contributed by atoms with van der Waals surface area (Å²) < 4.78 is 0. The summed E-state index contributed by atoms with van der Waals surface area (Å²) in [6, 6.07) is 0.583. The second-order valence-corrected chi connectivity index (χ2v) is 5.75. The predicted molar refractivity (Wildman–Crippen MR) is 71.0 cm³/mol. The van der Waals surface area contributed by atoms with Crippen molar-refractivity contribution >= 4 is 5.91 Å². The third-order valence-corrected chi connectivity index (χ3v) is 4.20. The van der Waals surface area contributed by atoms with Crippen LogP contribution < -0.4 is 10.6 Å². The second-order valence-electron chi connectivity index (χ2n) is 5.75. The van der Waals surface area contributed by atoms with Crippen LogP contribution in [0.3, 0.4) is 0 Å². The number of rotatable bonds is 4. The fourth-order valence-electron chi connectivity index (χ4n) is 3.10. The maximum Gasteiger partial charge on any atom is 0.264 e. The van der Waals surface area contributed by atoms with Crippen molar-refractivity contribution in [2.24, 2.45) is 0 Å². The summed E-state index contributed by atoms with van der Waals surface area (Å²) in [4.78, 5) is 11.9. The quantitative estimate of drug-likeness (QED) is 0.669. The Balaban J connectivity index is 1.69. The van der Waals surface area contributed by atoms with Crippen LogP contribution >= 0.6 is 0 Å². The molecular weight excluding hydrogens is 228 g/mol. The first-order chi connectivity index (χ1) is 8.75. The predicted octanol–water partition coefficient (Wildman–Crippen LogP) is 1.68. The van der Waals surface area contributed by atoms with Crippen LogP contribution in [-0.4, -0.2) is 29.3 Å². The van der Waals surface area contributed by atoms with Gasteiger partial charge in [-0.05, 0) is 25.7 Å². The molecule has 0 heterocycles. The van der Waals surface area contributed by atoms with Crippen molar-refractivity contribution in [3.8, 4) is 0 Å². The first-order valence-corrected chi connectivity index (χ1v) is 7.50. The van der Waals surface area contributed by atoms with Crippen molar-refractivity contribution in [2.45, 2.75) is 82.5 Å². The summed E-state index contributed by atoms with van der Waals surface area (Å²) in [5, 5.41) is 15.9. The smallest absolute Gasteiger partial charge is 0.264 e. The number of carbonyl (C=O) groups is 1. The van der Waals surface area contributed by atoms with Crippen LogP contribution in [0.1, 0.15) is 64.2 Å². The molecule has 18 heavy (non-hydrogen) atoms. The molecule has 2 saturated carbocycles. The third-order valence-electron chi connectivity index (χ3n) is 4.20. The summed E-state index contributed by atoms with van der Waals surface area (Å²) in [5.74, 6) is -0.243. The van der Waals surface area contributed by atoms with E-state index in [0.29, 0.717) is 6.04 Å². The molecule has 0 aromatic heterocycles. The normalized spacial score (nSPS) is 24.7. The average molecular weight is 254 g/mol. The highest BCUT2D eigenvalue weighted by molar-refractivity contribution is 5.80. The number of nitrogens with one attached hydrogen (secondary N) is 2. The molecule has 1 unspecified atom stereocenters. The van der Waals surface area contributed by atoms with Crippen molar-refractivity contribution in [1.29, 1.82) is 0 Å². The van der Waals surface area contributed by atoms with Gasteiger partial charge in [0.25, 0.3) is 5.91 Å². The van der Waals surface area contributed by atoms with Gasteiger partial charge in [0, 0.05) is 12.1 Å². The van der Waals surface area contributed by atoms with E-state index in [1.807, 2.05) is 0 Å². The molecule has 0 aliphatic heterocycles. The lowest BCUT2D eigenvalue weighted by Crippen LogP contribution is -2.51. The zero-order valence-electron chi connectivity index (χ0n) is 11.2. The molecule has 2 aliphatic rings. The Morgan fingerprint density at radius 1 is 0.889 bits per heavy atom. The van der Waals surface area contributed by atoms with Gasteiger partial charge in [-0.25, -0.2) is 0 Å². The zero-order chi connectivity index (χ0) is 12.8. The minimum absolute atomic E-state index is 0.243. The molecule has 0 spiro atoms. The van der Waals surface area contributed by atoms with Crippen LogP contribution in [-0.2, 0) is 4.79 Å². The third kappa shape index (κ3) is 4.25. The van der Waals surface area contributed by atoms with Crippen LogP contribution in [0.4, 0.5) is 0 Å². The minimum Gasteiger partial charge on any atom is -0.370 e. The molecule has 0 aromatic carbocycles. The largest absolute Gasteiger partial charge is 0.370 e. The summed E-state index contributed by atoms with van der Waals surface area (Å²) in [6.45, 7) is 0. The van der Waals surface area contributed by atoms with E-state index in [1.165, 1.54) is 38.5 Å². The number of aliphatic hydroxyl groups is 1. The van der Waals surface area contributed by atoms with E-state index in [2.05, 4.69) is 10.6 Å². The molecule has 4 nitrogen and oxygen atoms in total. The molecule has 1 atom stereocenters. The van der Waals surface area contributed by atoms with E-state index >= 15 is 0 Å². The van der Waals surface area contributed by atoms with Crippen LogP contribution in [0.2, 0.25) is 0 Å². The summed E-state index contributed by atoms with van der Waals surface area (Å²) in [5.41, 5.74) is 0. The van der Waals surface area contributed by atoms with E-state index in [1.54, 1.807) is 0 Å². The molecule has 4 heteroatoms. The van der Waals surface area contributed by atoms with Gasteiger partial charge in [0.05, 0.1) is 0 Å².